The van der Waals surface area contributed by atoms with E-state index < -0.39 is 17.5 Å². The van der Waals surface area contributed by atoms with Crippen LogP contribution in [0.5, 0.6) is 0 Å². The molecule has 0 amide bonds. The normalized spacial score (nSPS) is 10.9. The Morgan fingerprint density at radius 3 is 2.45 bits per heavy atom. The fourth-order valence-electron chi connectivity index (χ4n) is 0.446. The lowest BCUT2D eigenvalue weighted by molar-refractivity contribution is -0.303. The third-order valence-electron chi connectivity index (χ3n) is 0.811. The summed E-state index contributed by atoms with van der Waals surface area (Å²) in [6, 6.07) is 0. The van der Waals surface area contributed by atoms with E-state index in [1.807, 2.05) is 0 Å². The van der Waals surface area contributed by atoms with Gasteiger partial charge >= 0.3 is 5.97 Å². The molecule has 0 aliphatic rings. The van der Waals surface area contributed by atoms with Crippen molar-refractivity contribution in [1.82, 2.24) is 0 Å². The molecule has 0 fully saturated rings. The van der Waals surface area contributed by atoms with Gasteiger partial charge in [0.25, 0.3) is 0 Å². The number of rotatable bonds is 3. The number of hydrogen-bond acceptors (Lipinski definition) is 4. The van der Waals surface area contributed by atoms with Crippen molar-refractivity contribution < 1.29 is 19.4 Å². The summed E-state index contributed by atoms with van der Waals surface area (Å²) in [4.78, 5) is 20.8. The van der Waals surface area contributed by atoms with E-state index >= 15 is 0 Å². The molecule has 0 unspecified atom stereocenters. The van der Waals surface area contributed by atoms with Crippen LogP contribution in [-0.4, -0.2) is 18.4 Å². The fraction of sp³-hybridized carbons (Fsp3) is 0.429. The Bertz CT molecular complexity index is 193. The van der Waals surface area contributed by atoms with Gasteiger partial charge in [-0.1, -0.05) is 0 Å². The molecule has 0 spiro atoms. The van der Waals surface area contributed by atoms with Crippen LogP contribution in [0, 0.1) is 0 Å². The van der Waals surface area contributed by atoms with Gasteiger partial charge in [-0.3, -0.25) is 4.79 Å². The topological polar surface area (TPSA) is 66.4 Å². The standard InChI is InChI=1S/C7H10O4/c1-3-11-7(10)6(9)4-5(2)8/h4,9H,3H2,1-2H3/p-1/b6-4-. The molecule has 0 aliphatic heterocycles. The minimum absolute atomic E-state index is 0.135. The molecule has 0 N–H and O–H groups in total. The minimum Gasteiger partial charge on any atom is -0.868 e. The number of allylic oxidation sites excluding steroid dienone is 1. The smallest absolute Gasteiger partial charge is 0.322 e. The van der Waals surface area contributed by atoms with Gasteiger partial charge in [0.05, 0.1) is 6.61 Å². The highest BCUT2D eigenvalue weighted by atomic mass is 16.5. The summed E-state index contributed by atoms with van der Waals surface area (Å²) in [5.41, 5.74) is 0. The molecular formula is C7H9O4-. The molecule has 0 aromatic rings. The van der Waals surface area contributed by atoms with Crippen molar-refractivity contribution in [2.75, 3.05) is 6.61 Å². The Hall–Kier alpha value is -1.32. The van der Waals surface area contributed by atoms with E-state index in [0.717, 1.165) is 0 Å². The first-order valence-electron chi connectivity index (χ1n) is 3.14. The summed E-state index contributed by atoms with van der Waals surface area (Å²) >= 11 is 0. The van der Waals surface area contributed by atoms with Gasteiger partial charge < -0.3 is 9.84 Å². The van der Waals surface area contributed by atoms with E-state index in [0.29, 0.717) is 6.08 Å². The summed E-state index contributed by atoms with van der Waals surface area (Å²) in [7, 11) is 0. The zero-order valence-electron chi connectivity index (χ0n) is 6.42. The van der Waals surface area contributed by atoms with Crippen molar-refractivity contribution >= 4 is 11.8 Å². The quantitative estimate of drug-likeness (QED) is 0.311. The Balaban J connectivity index is 4.12. The van der Waals surface area contributed by atoms with Crippen molar-refractivity contribution in [3.8, 4) is 0 Å². The predicted molar refractivity (Wildman–Crippen MR) is 35.4 cm³/mol. The van der Waals surface area contributed by atoms with Crippen molar-refractivity contribution in [3.05, 3.63) is 11.8 Å². The molecular weight excluding hydrogens is 148 g/mol. The molecule has 11 heavy (non-hydrogen) atoms. The molecule has 0 atom stereocenters. The van der Waals surface area contributed by atoms with E-state index in [9.17, 15) is 14.7 Å². The van der Waals surface area contributed by atoms with Crippen LogP contribution in [0.3, 0.4) is 0 Å². The van der Waals surface area contributed by atoms with Crippen molar-refractivity contribution in [2.45, 2.75) is 13.8 Å². The van der Waals surface area contributed by atoms with E-state index in [1.165, 1.54) is 6.92 Å². The number of hydrogen-bond donors (Lipinski definition) is 0. The van der Waals surface area contributed by atoms with Gasteiger partial charge in [0.1, 0.15) is 0 Å². The first kappa shape index (κ1) is 9.68. The zero-order chi connectivity index (χ0) is 8.85. The SMILES string of the molecule is CCOC(=O)/C([O-])=C/C(C)=O. The summed E-state index contributed by atoms with van der Waals surface area (Å²) in [6.07, 6.45) is 0.706. The second-order valence-corrected chi connectivity index (χ2v) is 1.84. The highest BCUT2D eigenvalue weighted by Crippen LogP contribution is 1.88. The molecule has 62 valence electrons. The van der Waals surface area contributed by atoms with Crippen molar-refractivity contribution in [3.63, 3.8) is 0 Å². The molecule has 0 aliphatic carbocycles. The lowest BCUT2D eigenvalue weighted by Crippen LogP contribution is -2.19. The van der Waals surface area contributed by atoms with E-state index in [2.05, 4.69) is 4.74 Å². The Morgan fingerprint density at radius 2 is 2.09 bits per heavy atom. The number of carbonyl (C=O) groups excluding carboxylic acids is 2. The van der Waals surface area contributed by atoms with Crippen LogP contribution in [0.15, 0.2) is 11.8 Å². The van der Waals surface area contributed by atoms with E-state index in [4.69, 9.17) is 0 Å². The second kappa shape index (κ2) is 4.49. The molecule has 0 aromatic heterocycles. The highest BCUT2D eigenvalue weighted by molar-refractivity contribution is 5.96. The highest BCUT2D eigenvalue weighted by Gasteiger charge is 1.98. The number of ketones is 1. The monoisotopic (exact) mass is 157 g/mol. The molecule has 0 saturated carbocycles. The van der Waals surface area contributed by atoms with Gasteiger partial charge in [-0.05, 0) is 25.7 Å². The van der Waals surface area contributed by atoms with Crippen molar-refractivity contribution in [1.29, 1.82) is 0 Å². The maximum absolute atomic E-state index is 10.6. The first-order chi connectivity index (χ1) is 5.07. The van der Waals surface area contributed by atoms with Crippen LogP contribution < -0.4 is 5.11 Å². The number of carbonyl (C=O) groups is 2. The Labute approximate surface area is 64.5 Å². The van der Waals surface area contributed by atoms with Gasteiger partial charge in [-0.2, -0.15) is 0 Å². The lowest BCUT2D eigenvalue weighted by Gasteiger charge is -2.08. The third-order valence-corrected chi connectivity index (χ3v) is 0.811. The minimum atomic E-state index is -0.984. The largest absolute Gasteiger partial charge is 0.868 e. The van der Waals surface area contributed by atoms with E-state index in [-0.39, 0.29) is 6.61 Å². The van der Waals surface area contributed by atoms with Crippen LogP contribution >= 0.6 is 0 Å². The zero-order valence-corrected chi connectivity index (χ0v) is 6.42. The average molecular weight is 157 g/mol. The third kappa shape index (κ3) is 4.13. The summed E-state index contributed by atoms with van der Waals surface area (Å²) < 4.78 is 4.33. The van der Waals surface area contributed by atoms with Gasteiger partial charge in [0.2, 0.25) is 0 Å². The first-order valence-corrected chi connectivity index (χ1v) is 3.14. The van der Waals surface area contributed by atoms with Crippen molar-refractivity contribution in [2.24, 2.45) is 0 Å². The maximum Gasteiger partial charge on any atom is 0.322 e. The fourth-order valence-corrected chi connectivity index (χ4v) is 0.446. The Morgan fingerprint density at radius 1 is 1.55 bits per heavy atom. The lowest BCUT2D eigenvalue weighted by atomic mass is 10.3. The number of esters is 1. The molecule has 4 heteroatoms. The summed E-state index contributed by atoms with van der Waals surface area (Å²) in [5.74, 6) is -2.34. The van der Waals surface area contributed by atoms with Gasteiger partial charge in [0.15, 0.2) is 5.78 Å². The molecule has 0 rings (SSSR count). The molecule has 0 aromatic carbocycles. The van der Waals surface area contributed by atoms with Gasteiger partial charge in [-0.25, -0.2) is 4.79 Å². The Kier molecular flexibility index (Phi) is 3.95. The second-order valence-electron chi connectivity index (χ2n) is 1.84. The molecule has 4 nitrogen and oxygen atoms in total. The summed E-state index contributed by atoms with van der Waals surface area (Å²) in [6.45, 7) is 2.91. The molecule has 0 heterocycles. The summed E-state index contributed by atoms with van der Waals surface area (Å²) in [5, 5.41) is 10.6. The average Bonchev–Trinajstić information content (AvgIpc) is 1.86. The molecule has 0 saturated heterocycles. The number of ether oxygens (including phenoxy) is 1. The maximum atomic E-state index is 10.6. The van der Waals surface area contributed by atoms with Gasteiger partial charge in [-0.15, -0.1) is 0 Å². The van der Waals surface area contributed by atoms with Crippen LogP contribution in [0.2, 0.25) is 0 Å². The molecule has 0 radical (unpaired) electrons. The van der Waals surface area contributed by atoms with E-state index in [1.54, 1.807) is 6.92 Å². The molecule has 0 bridgehead atoms. The van der Waals surface area contributed by atoms with Crippen LogP contribution in [0.25, 0.3) is 0 Å². The van der Waals surface area contributed by atoms with Gasteiger partial charge in [0, 0.05) is 0 Å². The predicted octanol–water partition coefficient (Wildman–Crippen LogP) is -0.617. The van der Waals surface area contributed by atoms with Crippen LogP contribution in [0.4, 0.5) is 0 Å². The van der Waals surface area contributed by atoms with Crippen LogP contribution in [0.1, 0.15) is 13.8 Å². The van der Waals surface area contributed by atoms with Crippen LogP contribution in [-0.2, 0) is 14.3 Å².